The van der Waals surface area contributed by atoms with Crippen molar-refractivity contribution in [1.29, 1.82) is 0 Å². The zero-order valence-corrected chi connectivity index (χ0v) is 7.03. The predicted molar refractivity (Wildman–Crippen MR) is 47.5 cm³/mol. The van der Waals surface area contributed by atoms with Gasteiger partial charge in [-0.1, -0.05) is 6.07 Å². The third-order valence-corrected chi connectivity index (χ3v) is 1.73. The van der Waals surface area contributed by atoms with Gasteiger partial charge in [0.15, 0.2) is 0 Å². The van der Waals surface area contributed by atoms with Crippen molar-refractivity contribution in [2.75, 3.05) is 6.54 Å². The van der Waals surface area contributed by atoms with Gasteiger partial charge in [-0.3, -0.25) is 4.79 Å². The van der Waals surface area contributed by atoms with E-state index in [0.717, 1.165) is 0 Å². The van der Waals surface area contributed by atoms with Gasteiger partial charge >= 0.3 is 0 Å². The molecule has 13 heavy (non-hydrogen) atoms. The summed E-state index contributed by atoms with van der Waals surface area (Å²) in [5.41, 5.74) is 0.455. The van der Waals surface area contributed by atoms with Crippen LogP contribution in [0.25, 0.3) is 0 Å². The van der Waals surface area contributed by atoms with Crippen molar-refractivity contribution in [1.82, 2.24) is 5.32 Å². The lowest BCUT2D eigenvalue weighted by molar-refractivity contribution is -0.109. The molecule has 0 spiro atoms. The molecule has 0 heterocycles. The van der Waals surface area contributed by atoms with Crippen molar-refractivity contribution in [3.63, 3.8) is 0 Å². The van der Waals surface area contributed by atoms with Crippen molar-refractivity contribution in [2.24, 2.45) is 0 Å². The van der Waals surface area contributed by atoms with Gasteiger partial charge in [-0.2, -0.15) is 0 Å². The molecule has 0 radical (unpaired) electrons. The van der Waals surface area contributed by atoms with Crippen LogP contribution in [-0.4, -0.2) is 23.2 Å². The van der Waals surface area contributed by atoms with Crippen LogP contribution in [0.4, 0.5) is 0 Å². The second kappa shape index (κ2) is 4.35. The van der Waals surface area contributed by atoms with E-state index in [-0.39, 0.29) is 11.5 Å². The summed E-state index contributed by atoms with van der Waals surface area (Å²) in [4.78, 5) is 9.93. The van der Waals surface area contributed by atoms with Gasteiger partial charge in [0.25, 0.3) is 0 Å². The van der Waals surface area contributed by atoms with Crippen LogP contribution in [0.5, 0.6) is 11.5 Å². The fourth-order valence-electron chi connectivity index (χ4n) is 1.08. The molecule has 0 aliphatic heterocycles. The first-order chi connectivity index (χ1) is 6.25. The van der Waals surface area contributed by atoms with Crippen molar-refractivity contribution in [3.8, 4) is 11.5 Å². The van der Waals surface area contributed by atoms with Crippen LogP contribution in [0.1, 0.15) is 5.56 Å². The molecule has 4 heteroatoms. The van der Waals surface area contributed by atoms with Crippen LogP contribution < -0.4 is 5.32 Å². The van der Waals surface area contributed by atoms with E-state index < -0.39 is 0 Å². The topological polar surface area (TPSA) is 69.6 Å². The number of rotatable bonds is 4. The maximum Gasteiger partial charge on any atom is 0.207 e. The zero-order chi connectivity index (χ0) is 9.68. The molecule has 4 nitrogen and oxygen atoms in total. The van der Waals surface area contributed by atoms with Crippen LogP contribution in [0.2, 0.25) is 0 Å². The minimum atomic E-state index is 0.0488. The average Bonchev–Trinajstić information content (AvgIpc) is 2.10. The van der Waals surface area contributed by atoms with Crippen LogP contribution in [0, 0.1) is 0 Å². The van der Waals surface area contributed by atoms with Crippen molar-refractivity contribution in [2.45, 2.75) is 6.42 Å². The highest BCUT2D eigenvalue weighted by molar-refractivity contribution is 5.47. The number of phenols is 2. The molecule has 0 aromatic heterocycles. The number of benzene rings is 1. The Balaban J connectivity index is 2.69. The van der Waals surface area contributed by atoms with Gasteiger partial charge in [-0.25, -0.2) is 0 Å². The number of amides is 1. The maximum absolute atomic E-state index is 9.93. The SMILES string of the molecule is O=CNCCc1c(O)cccc1O. The van der Waals surface area contributed by atoms with E-state index in [1.165, 1.54) is 12.1 Å². The largest absolute Gasteiger partial charge is 0.508 e. The highest BCUT2D eigenvalue weighted by Gasteiger charge is 2.05. The molecule has 0 saturated heterocycles. The second-order valence-corrected chi connectivity index (χ2v) is 2.60. The Morgan fingerprint density at radius 3 is 2.46 bits per heavy atom. The molecule has 0 aliphatic carbocycles. The van der Waals surface area contributed by atoms with Crippen LogP contribution >= 0.6 is 0 Å². The molecule has 0 saturated carbocycles. The first-order valence-corrected chi connectivity index (χ1v) is 3.92. The van der Waals surface area contributed by atoms with Gasteiger partial charge in [0, 0.05) is 12.1 Å². The maximum atomic E-state index is 9.93. The fourth-order valence-corrected chi connectivity index (χ4v) is 1.08. The molecule has 1 aromatic rings. The Kier molecular flexibility index (Phi) is 3.14. The molecule has 70 valence electrons. The number of hydrogen-bond acceptors (Lipinski definition) is 3. The fraction of sp³-hybridized carbons (Fsp3) is 0.222. The Labute approximate surface area is 75.8 Å². The molecular weight excluding hydrogens is 170 g/mol. The van der Waals surface area contributed by atoms with Crippen LogP contribution in [0.15, 0.2) is 18.2 Å². The number of hydrogen-bond donors (Lipinski definition) is 3. The summed E-state index contributed by atoms with van der Waals surface area (Å²) < 4.78 is 0. The molecule has 0 atom stereocenters. The minimum absolute atomic E-state index is 0.0488. The molecule has 3 N–H and O–H groups in total. The Morgan fingerprint density at radius 2 is 1.92 bits per heavy atom. The number of nitrogens with one attached hydrogen (secondary N) is 1. The summed E-state index contributed by atoms with van der Waals surface area (Å²) in [5, 5.41) is 21.1. The van der Waals surface area contributed by atoms with Crippen molar-refractivity contribution in [3.05, 3.63) is 23.8 Å². The molecule has 0 fully saturated rings. The average molecular weight is 181 g/mol. The van der Waals surface area contributed by atoms with Gasteiger partial charge in [0.05, 0.1) is 0 Å². The highest BCUT2D eigenvalue weighted by Crippen LogP contribution is 2.26. The van der Waals surface area contributed by atoms with Crippen molar-refractivity contribution < 1.29 is 15.0 Å². The summed E-state index contributed by atoms with van der Waals surface area (Å²) >= 11 is 0. The first-order valence-electron chi connectivity index (χ1n) is 3.92. The van der Waals surface area contributed by atoms with E-state index >= 15 is 0 Å². The van der Waals surface area contributed by atoms with E-state index in [4.69, 9.17) is 0 Å². The number of aromatic hydroxyl groups is 2. The summed E-state index contributed by atoms with van der Waals surface area (Å²) in [5.74, 6) is 0.0976. The smallest absolute Gasteiger partial charge is 0.207 e. The molecule has 1 aromatic carbocycles. The van der Waals surface area contributed by atoms with Crippen LogP contribution in [0.3, 0.4) is 0 Å². The molecule has 0 unspecified atom stereocenters. The highest BCUT2D eigenvalue weighted by atomic mass is 16.3. The van der Waals surface area contributed by atoms with Crippen molar-refractivity contribution >= 4 is 6.41 Å². The molecule has 1 amide bonds. The van der Waals surface area contributed by atoms with Gasteiger partial charge in [-0.05, 0) is 18.6 Å². The monoisotopic (exact) mass is 181 g/mol. The van der Waals surface area contributed by atoms with E-state index in [1.54, 1.807) is 6.07 Å². The normalized spacial score (nSPS) is 9.54. The van der Waals surface area contributed by atoms with Gasteiger partial charge in [-0.15, -0.1) is 0 Å². The van der Waals surface area contributed by atoms with Gasteiger partial charge in [0.1, 0.15) is 11.5 Å². The second-order valence-electron chi connectivity index (χ2n) is 2.60. The predicted octanol–water partition coefficient (Wildman–Crippen LogP) is 0.386. The zero-order valence-electron chi connectivity index (χ0n) is 7.03. The molecular formula is C9H11NO3. The van der Waals surface area contributed by atoms with Crippen LogP contribution in [-0.2, 0) is 11.2 Å². The number of carbonyl (C=O) groups excluding carboxylic acids is 1. The number of carbonyl (C=O) groups is 1. The lowest BCUT2D eigenvalue weighted by Gasteiger charge is -2.05. The Morgan fingerprint density at radius 1 is 1.31 bits per heavy atom. The summed E-state index contributed by atoms with van der Waals surface area (Å²) in [6, 6.07) is 4.55. The standard InChI is InChI=1S/C9H11NO3/c11-6-10-5-4-7-8(12)2-1-3-9(7)13/h1-3,6,12-13H,4-5H2,(H,10,11). The quantitative estimate of drug-likeness (QED) is 0.464. The third kappa shape index (κ3) is 2.37. The van der Waals surface area contributed by atoms with Gasteiger partial charge in [0.2, 0.25) is 6.41 Å². The molecule has 1 rings (SSSR count). The van der Waals surface area contributed by atoms with E-state index in [2.05, 4.69) is 5.32 Å². The van der Waals surface area contributed by atoms with E-state index in [9.17, 15) is 15.0 Å². The minimum Gasteiger partial charge on any atom is -0.508 e. The summed E-state index contributed by atoms with van der Waals surface area (Å²) in [7, 11) is 0. The first kappa shape index (κ1) is 9.38. The van der Waals surface area contributed by atoms with E-state index in [1.807, 2.05) is 0 Å². The number of phenolic OH excluding ortho intramolecular Hbond substituents is 2. The molecule has 0 aliphatic rings. The molecule has 0 bridgehead atoms. The summed E-state index contributed by atoms with van der Waals surface area (Å²) in [6.07, 6.45) is 0.994. The lowest BCUT2D eigenvalue weighted by Crippen LogP contribution is -2.14. The Hall–Kier alpha value is -1.71. The van der Waals surface area contributed by atoms with E-state index in [0.29, 0.717) is 24.9 Å². The van der Waals surface area contributed by atoms with Gasteiger partial charge < -0.3 is 15.5 Å². The lowest BCUT2D eigenvalue weighted by atomic mass is 10.1. The summed E-state index contributed by atoms with van der Waals surface area (Å²) in [6.45, 7) is 0.397. The Bertz CT molecular complexity index is 279. The third-order valence-electron chi connectivity index (χ3n) is 1.73.